The molecule has 1 aromatic carbocycles. The molecule has 8 heteroatoms. The van der Waals surface area contributed by atoms with Crippen molar-refractivity contribution in [1.82, 2.24) is 15.3 Å². The molecule has 0 spiro atoms. The molecule has 0 radical (unpaired) electrons. The number of para-hydroxylation sites is 1. The molecule has 0 bridgehead atoms. The van der Waals surface area contributed by atoms with E-state index in [-0.39, 0.29) is 0 Å². The summed E-state index contributed by atoms with van der Waals surface area (Å²) in [4.78, 5) is 11.5. The van der Waals surface area contributed by atoms with Crippen molar-refractivity contribution in [3.63, 3.8) is 0 Å². The van der Waals surface area contributed by atoms with Crippen molar-refractivity contribution in [3.8, 4) is 11.6 Å². The van der Waals surface area contributed by atoms with Gasteiger partial charge in [0.1, 0.15) is 23.1 Å². The van der Waals surface area contributed by atoms with E-state index in [9.17, 15) is 0 Å². The average molecular weight is 438 g/mol. The van der Waals surface area contributed by atoms with Crippen LogP contribution in [0.2, 0.25) is 0 Å². The molecule has 1 atom stereocenters. The van der Waals surface area contributed by atoms with Gasteiger partial charge in [0.05, 0.1) is 6.54 Å². The van der Waals surface area contributed by atoms with E-state index in [1.165, 1.54) is 6.42 Å². The number of thiocarbonyl (C=S) groups is 1. The van der Waals surface area contributed by atoms with E-state index in [2.05, 4.69) is 27.4 Å². The maximum Gasteiger partial charge on any atom is 0.234 e. The third-order valence-electron chi connectivity index (χ3n) is 5.20. The summed E-state index contributed by atoms with van der Waals surface area (Å²) in [6.07, 6.45) is 3.53. The van der Waals surface area contributed by atoms with Gasteiger partial charge >= 0.3 is 0 Å². The number of piperidine rings is 1. The molecule has 31 heavy (non-hydrogen) atoms. The zero-order chi connectivity index (χ0) is 21.6. The summed E-state index contributed by atoms with van der Waals surface area (Å²) < 4.78 is 11.6. The molecular weight excluding hydrogens is 410 g/mol. The normalized spacial score (nSPS) is 16.1. The number of furan rings is 1. The predicted molar refractivity (Wildman–Crippen MR) is 126 cm³/mol. The number of rotatable bonds is 6. The summed E-state index contributed by atoms with van der Waals surface area (Å²) in [5, 5.41) is 6.64. The number of benzene rings is 1. The molecule has 1 fully saturated rings. The Morgan fingerprint density at radius 2 is 2.03 bits per heavy atom. The predicted octanol–water partition coefficient (Wildman–Crippen LogP) is 5.04. The summed E-state index contributed by atoms with van der Waals surface area (Å²) in [6.45, 7) is 5.58. The molecule has 1 unspecified atom stereocenters. The first-order valence-electron chi connectivity index (χ1n) is 10.6. The minimum atomic E-state index is 0.398. The Labute approximate surface area is 187 Å². The van der Waals surface area contributed by atoms with Crippen LogP contribution in [0.4, 0.5) is 11.8 Å². The van der Waals surface area contributed by atoms with E-state index in [0.717, 1.165) is 42.5 Å². The zero-order valence-corrected chi connectivity index (χ0v) is 18.6. The Bertz CT molecular complexity index is 1020. The lowest BCUT2D eigenvalue weighted by atomic mass is 10.0. The molecule has 3 aromatic rings. The van der Waals surface area contributed by atoms with Crippen LogP contribution in [0, 0.1) is 6.92 Å². The Balaban J connectivity index is 1.52. The Kier molecular flexibility index (Phi) is 6.66. The van der Waals surface area contributed by atoms with Crippen LogP contribution in [-0.2, 0) is 6.54 Å². The third kappa shape index (κ3) is 5.73. The molecule has 4 rings (SSSR count). The fourth-order valence-electron chi connectivity index (χ4n) is 3.61. The molecule has 7 nitrogen and oxygen atoms in total. The summed E-state index contributed by atoms with van der Waals surface area (Å²) >= 11 is 5.44. The fourth-order valence-corrected chi connectivity index (χ4v) is 3.77. The maximum atomic E-state index is 6.00. The van der Waals surface area contributed by atoms with Gasteiger partial charge in [0.15, 0.2) is 5.11 Å². The van der Waals surface area contributed by atoms with Crippen LogP contribution in [0.3, 0.4) is 0 Å². The Morgan fingerprint density at radius 3 is 2.77 bits per heavy atom. The van der Waals surface area contributed by atoms with E-state index < -0.39 is 0 Å². The number of ether oxygens (including phenoxy) is 1. The molecule has 3 heterocycles. The van der Waals surface area contributed by atoms with Crippen molar-refractivity contribution in [1.29, 1.82) is 0 Å². The van der Waals surface area contributed by atoms with Crippen LogP contribution in [0.1, 0.15) is 37.7 Å². The number of aryl methyl sites for hydroxylation is 1. The van der Waals surface area contributed by atoms with Gasteiger partial charge in [-0.05, 0) is 69.6 Å². The largest absolute Gasteiger partial charge is 0.465 e. The van der Waals surface area contributed by atoms with Crippen LogP contribution in [0.25, 0.3) is 0 Å². The second-order valence-electron chi connectivity index (χ2n) is 7.66. The van der Waals surface area contributed by atoms with Gasteiger partial charge in [0.25, 0.3) is 0 Å². The molecule has 2 N–H and O–H groups in total. The second kappa shape index (κ2) is 9.78. The number of nitrogens with zero attached hydrogens (tertiary/aromatic N) is 3. The molecule has 1 aliphatic heterocycles. The maximum absolute atomic E-state index is 6.00. The first kappa shape index (κ1) is 21.1. The van der Waals surface area contributed by atoms with Gasteiger partial charge in [0, 0.05) is 18.7 Å². The number of aromatic nitrogens is 2. The highest BCUT2D eigenvalue weighted by Crippen LogP contribution is 2.28. The monoisotopic (exact) mass is 437 g/mol. The van der Waals surface area contributed by atoms with Crippen molar-refractivity contribution < 1.29 is 9.15 Å². The van der Waals surface area contributed by atoms with E-state index in [1.807, 2.05) is 55.5 Å². The van der Waals surface area contributed by atoms with Gasteiger partial charge in [-0.1, -0.05) is 18.2 Å². The molecular formula is C23H27N5O2S. The Hall–Kier alpha value is -3.13. The zero-order valence-electron chi connectivity index (χ0n) is 17.8. The average Bonchev–Trinajstić information content (AvgIpc) is 3.18. The summed E-state index contributed by atoms with van der Waals surface area (Å²) in [5.74, 6) is 4.10. The lowest BCUT2D eigenvalue weighted by Gasteiger charge is -2.34. The van der Waals surface area contributed by atoms with Crippen molar-refractivity contribution >= 4 is 29.1 Å². The van der Waals surface area contributed by atoms with Crippen molar-refractivity contribution in [3.05, 3.63) is 60.1 Å². The number of hydrogen-bond acceptors (Lipinski definition) is 6. The highest BCUT2D eigenvalue weighted by molar-refractivity contribution is 7.80. The van der Waals surface area contributed by atoms with E-state index in [4.69, 9.17) is 26.4 Å². The minimum absolute atomic E-state index is 0.398. The number of nitrogens with one attached hydrogen (secondary N) is 2. The quantitative estimate of drug-likeness (QED) is 0.520. The second-order valence-corrected chi connectivity index (χ2v) is 8.07. The van der Waals surface area contributed by atoms with Gasteiger partial charge < -0.3 is 24.7 Å². The number of hydrogen-bond donors (Lipinski definition) is 2. The SMILES string of the molecule is Cc1ccc(CNC(=S)Nc2nc(Oc3ccccc3)cc(N3CCCCC3C)n2)o1. The van der Waals surface area contributed by atoms with Gasteiger partial charge in [0.2, 0.25) is 11.8 Å². The molecule has 162 valence electrons. The van der Waals surface area contributed by atoms with E-state index >= 15 is 0 Å². The first-order chi connectivity index (χ1) is 15.1. The van der Waals surface area contributed by atoms with E-state index in [1.54, 1.807) is 0 Å². The summed E-state index contributed by atoms with van der Waals surface area (Å²) in [5.41, 5.74) is 0. The molecule has 1 saturated heterocycles. The smallest absolute Gasteiger partial charge is 0.234 e. The van der Waals surface area contributed by atoms with Gasteiger partial charge in [-0.2, -0.15) is 9.97 Å². The molecule has 2 aromatic heterocycles. The van der Waals surface area contributed by atoms with Gasteiger partial charge in [-0.15, -0.1) is 0 Å². The highest BCUT2D eigenvalue weighted by atomic mass is 32.1. The van der Waals surface area contributed by atoms with Crippen molar-refractivity contribution in [2.75, 3.05) is 16.8 Å². The van der Waals surface area contributed by atoms with Crippen LogP contribution in [-0.4, -0.2) is 27.7 Å². The van der Waals surface area contributed by atoms with Gasteiger partial charge in [-0.3, -0.25) is 0 Å². The molecule has 0 aliphatic carbocycles. The van der Waals surface area contributed by atoms with Crippen molar-refractivity contribution in [2.45, 2.75) is 45.7 Å². The number of anilines is 2. The van der Waals surface area contributed by atoms with Crippen LogP contribution in [0.15, 0.2) is 52.9 Å². The summed E-state index contributed by atoms with van der Waals surface area (Å²) in [7, 11) is 0. The standard InChI is InChI=1S/C23H27N5O2S/c1-16-8-6-7-13-28(16)20-14-21(30-18-9-4-3-5-10-18)26-22(25-20)27-23(31)24-15-19-12-11-17(2)29-19/h3-5,9-12,14,16H,6-8,13,15H2,1-2H3,(H2,24,25,26,27,31). The Morgan fingerprint density at radius 1 is 1.19 bits per heavy atom. The topological polar surface area (TPSA) is 75.5 Å². The lowest BCUT2D eigenvalue weighted by Crippen LogP contribution is -2.38. The van der Waals surface area contributed by atoms with Crippen LogP contribution in [0.5, 0.6) is 11.6 Å². The van der Waals surface area contributed by atoms with Crippen molar-refractivity contribution in [2.24, 2.45) is 0 Å². The third-order valence-corrected chi connectivity index (χ3v) is 5.44. The molecule has 0 saturated carbocycles. The fraction of sp³-hybridized carbons (Fsp3) is 0.348. The molecule has 1 aliphatic rings. The lowest BCUT2D eigenvalue weighted by molar-refractivity contribution is 0.456. The van der Waals surface area contributed by atoms with E-state index in [0.29, 0.717) is 29.5 Å². The van der Waals surface area contributed by atoms with Gasteiger partial charge in [-0.25, -0.2) is 0 Å². The molecule has 0 amide bonds. The highest BCUT2D eigenvalue weighted by Gasteiger charge is 2.21. The summed E-state index contributed by atoms with van der Waals surface area (Å²) in [6, 6.07) is 15.8. The van der Waals surface area contributed by atoms with Crippen LogP contribution < -0.4 is 20.3 Å². The first-order valence-corrected chi connectivity index (χ1v) is 11.0. The minimum Gasteiger partial charge on any atom is -0.465 e. The van der Waals surface area contributed by atoms with Crippen LogP contribution >= 0.6 is 12.2 Å².